The van der Waals surface area contributed by atoms with Crippen molar-refractivity contribution in [1.82, 2.24) is 4.90 Å². The van der Waals surface area contributed by atoms with E-state index in [1.165, 1.54) is 25.7 Å². The summed E-state index contributed by atoms with van der Waals surface area (Å²) in [6.45, 7) is 6.39. The number of nitrogens with zero attached hydrogens (tertiary/aromatic N) is 2. The van der Waals surface area contributed by atoms with E-state index in [2.05, 4.69) is 32.4 Å². The molecule has 1 heterocycles. The number of aliphatic imine (C=N–C) groups is 1. The minimum Gasteiger partial charge on any atom is -0.370 e. The molecule has 14 heavy (non-hydrogen) atoms. The van der Waals surface area contributed by atoms with Gasteiger partial charge in [0.05, 0.1) is 6.54 Å². The van der Waals surface area contributed by atoms with Crippen molar-refractivity contribution in [3.63, 3.8) is 0 Å². The molecule has 0 aromatic rings. The van der Waals surface area contributed by atoms with Gasteiger partial charge in [0.25, 0.3) is 0 Å². The zero-order chi connectivity index (χ0) is 10.4. The highest BCUT2D eigenvalue weighted by Gasteiger charge is 2.10. The Balaban J connectivity index is 2.44. The Labute approximate surface area is 94.2 Å². The number of likely N-dealkylation sites (tertiary alicyclic amines) is 1. The third-order valence-corrected chi connectivity index (χ3v) is 2.59. The summed E-state index contributed by atoms with van der Waals surface area (Å²) in [5.41, 5.74) is 5.88. The van der Waals surface area contributed by atoms with Crippen molar-refractivity contribution >= 4 is 21.9 Å². The van der Waals surface area contributed by atoms with E-state index in [0.29, 0.717) is 12.5 Å². The summed E-state index contributed by atoms with van der Waals surface area (Å²) in [6.07, 6.45) is 5.08. The summed E-state index contributed by atoms with van der Waals surface area (Å²) in [4.78, 5) is 6.43. The standard InChI is InChI=1S/C10H18BrN3/c1-9(11)8-13-10(12)14-6-4-2-3-5-7-14/h1-8H2,(H2,12,13). The van der Waals surface area contributed by atoms with Crippen LogP contribution < -0.4 is 5.73 Å². The van der Waals surface area contributed by atoms with Gasteiger partial charge in [0, 0.05) is 17.6 Å². The molecule has 1 saturated heterocycles. The number of guanidine groups is 1. The van der Waals surface area contributed by atoms with Gasteiger partial charge < -0.3 is 10.6 Å². The number of nitrogens with two attached hydrogens (primary N) is 1. The van der Waals surface area contributed by atoms with Crippen LogP contribution in [0.1, 0.15) is 25.7 Å². The third-order valence-electron chi connectivity index (χ3n) is 2.34. The Bertz CT molecular complexity index is 217. The van der Waals surface area contributed by atoms with Crippen LogP contribution in [0.15, 0.2) is 16.1 Å². The molecule has 1 rings (SSSR count). The van der Waals surface area contributed by atoms with Crippen molar-refractivity contribution < 1.29 is 0 Å². The molecule has 1 aliphatic rings. The second-order valence-electron chi connectivity index (χ2n) is 3.59. The van der Waals surface area contributed by atoms with Crippen LogP contribution in [0.2, 0.25) is 0 Å². The molecular weight excluding hydrogens is 242 g/mol. The maximum atomic E-state index is 5.88. The monoisotopic (exact) mass is 259 g/mol. The quantitative estimate of drug-likeness (QED) is 0.610. The van der Waals surface area contributed by atoms with E-state index in [-0.39, 0.29) is 0 Å². The van der Waals surface area contributed by atoms with Crippen LogP contribution in [0.4, 0.5) is 0 Å². The molecule has 0 radical (unpaired) electrons. The lowest BCUT2D eigenvalue weighted by Crippen LogP contribution is -2.38. The Kier molecular flexibility index (Phi) is 5.01. The molecule has 0 unspecified atom stereocenters. The second kappa shape index (κ2) is 6.06. The lowest BCUT2D eigenvalue weighted by Gasteiger charge is -2.20. The van der Waals surface area contributed by atoms with Gasteiger partial charge in [-0.1, -0.05) is 35.4 Å². The molecule has 0 atom stereocenters. The largest absolute Gasteiger partial charge is 0.370 e. The zero-order valence-electron chi connectivity index (χ0n) is 8.51. The van der Waals surface area contributed by atoms with Crippen molar-refractivity contribution in [1.29, 1.82) is 0 Å². The number of hydrogen-bond donors (Lipinski definition) is 1. The molecule has 1 aliphatic heterocycles. The predicted molar refractivity (Wildman–Crippen MR) is 64.6 cm³/mol. The van der Waals surface area contributed by atoms with Crippen LogP contribution in [0, 0.1) is 0 Å². The molecule has 0 amide bonds. The van der Waals surface area contributed by atoms with Crippen LogP contribution in [-0.2, 0) is 0 Å². The molecule has 3 nitrogen and oxygen atoms in total. The van der Waals surface area contributed by atoms with E-state index in [9.17, 15) is 0 Å². The van der Waals surface area contributed by atoms with Gasteiger partial charge in [-0.3, -0.25) is 0 Å². The van der Waals surface area contributed by atoms with Gasteiger partial charge in [-0.2, -0.15) is 0 Å². The van der Waals surface area contributed by atoms with E-state index in [1.807, 2.05) is 0 Å². The average molecular weight is 260 g/mol. The fourth-order valence-corrected chi connectivity index (χ4v) is 1.69. The molecule has 4 heteroatoms. The zero-order valence-corrected chi connectivity index (χ0v) is 10.1. The summed E-state index contributed by atoms with van der Waals surface area (Å²) in [7, 11) is 0. The number of halogens is 1. The minimum absolute atomic E-state index is 0.572. The van der Waals surface area contributed by atoms with Gasteiger partial charge in [-0.15, -0.1) is 0 Å². The molecular formula is C10H18BrN3. The van der Waals surface area contributed by atoms with Crippen molar-refractivity contribution in [2.45, 2.75) is 25.7 Å². The van der Waals surface area contributed by atoms with E-state index in [4.69, 9.17) is 5.73 Å². The highest BCUT2D eigenvalue weighted by Crippen LogP contribution is 2.09. The average Bonchev–Trinajstić information content (AvgIpc) is 2.42. The highest BCUT2D eigenvalue weighted by atomic mass is 79.9. The van der Waals surface area contributed by atoms with Gasteiger partial charge >= 0.3 is 0 Å². The van der Waals surface area contributed by atoms with Crippen molar-refractivity contribution in [2.75, 3.05) is 19.6 Å². The summed E-state index contributed by atoms with van der Waals surface area (Å²) in [6, 6.07) is 0. The molecule has 1 fully saturated rings. The molecule has 2 N–H and O–H groups in total. The van der Waals surface area contributed by atoms with Gasteiger partial charge in [0.15, 0.2) is 5.96 Å². The van der Waals surface area contributed by atoms with Crippen molar-refractivity contribution in [2.24, 2.45) is 10.7 Å². The van der Waals surface area contributed by atoms with Crippen LogP contribution >= 0.6 is 15.9 Å². The fraction of sp³-hybridized carbons (Fsp3) is 0.700. The number of hydrogen-bond acceptors (Lipinski definition) is 1. The minimum atomic E-state index is 0.572. The van der Waals surface area contributed by atoms with E-state index in [0.717, 1.165) is 17.6 Å². The Morgan fingerprint density at radius 1 is 1.29 bits per heavy atom. The van der Waals surface area contributed by atoms with Gasteiger partial charge in [-0.25, -0.2) is 4.99 Å². The lowest BCUT2D eigenvalue weighted by atomic mass is 10.2. The predicted octanol–water partition coefficient (Wildman–Crippen LogP) is 2.09. The summed E-state index contributed by atoms with van der Waals surface area (Å²) in [5, 5.41) is 0. The first-order valence-electron chi connectivity index (χ1n) is 5.08. The van der Waals surface area contributed by atoms with Crippen LogP contribution in [0.25, 0.3) is 0 Å². The van der Waals surface area contributed by atoms with E-state index in [1.54, 1.807) is 0 Å². The Hall–Kier alpha value is -0.510. The number of rotatable bonds is 2. The Morgan fingerprint density at radius 3 is 2.36 bits per heavy atom. The maximum Gasteiger partial charge on any atom is 0.191 e. The first kappa shape index (κ1) is 11.6. The molecule has 0 aromatic heterocycles. The first-order valence-corrected chi connectivity index (χ1v) is 5.87. The van der Waals surface area contributed by atoms with E-state index >= 15 is 0 Å². The van der Waals surface area contributed by atoms with Crippen molar-refractivity contribution in [3.05, 3.63) is 11.1 Å². The van der Waals surface area contributed by atoms with Crippen LogP contribution in [-0.4, -0.2) is 30.5 Å². The maximum absolute atomic E-state index is 5.88. The molecule has 0 aromatic carbocycles. The molecule has 0 spiro atoms. The molecule has 0 saturated carbocycles. The lowest BCUT2D eigenvalue weighted by molar-refractivity contribution is 0.429. The first-order chi connectivity index (χ1) is 6.70. The van der Waals surface area contributed by atoms with Crippen LogP contribution in [0.5, 0.6) is 0 Å². The van der Waals surface area contributed by atoms with Gasteiger partial charge in [0.1, 0.15) is 0 Å². The SMILES string of the molecule is C=C(Br)CN=C(N)N1CCCCCC1. The normalized spacial score (nSPS) is 19.2. The van der Waals surface area contributed by atoms with Gasteiger partial charge in [-0.05, 0) is 12.8 Å². The van der Waals surface area contributed by atoms with E-state index < -0.39 is 0 Å². The topological polar surface area (TPSA) is 41.6 Å². The summed E-state index contributed by atoms with van der Waals surface area (Å²) in [5.74, 6) is 0.660. The fourth-order valence-electron chi connectivity index (χ4n) is 1.57. The molecule has 0 bridgehead atoms. The summed E-state index contributed by atoms with van der Waals surface area (Å²) < 4.78 is 0.871. The van der Waals surface area contributed by atoms with Crippen molar-refractivity contribution in [3.8, 4) is 0 Å². The Morgan fingerprint density at radius 2 is 1.86 bits per heavy atom. The smallest absolute Gasteiger partial charge is 0.191 e. The third kappa shape index (κ3) is 4.13. The highest BCUT2D eigenvalue weighted by molar-refractivity contribution is 9.11. The summed E-state index contributed by atoms with van der Waals surface area (Å²) >= 11 is 3.27. The van der Waals surface area contributed by atoms with Gasteiger partial charge in [0.2, 0.25) is 0 Å². The van der Waals surface area contributed by atoms with Crippen LogP contribution in [0.3, 0.4) is 0 Å². The molecule has 0 aliphatic carbocycles. The second-order valence-corrected chi connectivity index (χ2v) is 4.71. The molecule has 80 valence electrons.